The summed E-state index contributed by atoms with van der Waals surface area (Å²) in [5.74, 6) is 1.54. The molecular formula is C23H28N4OS. The van der Waals surface area contributed by atoms with Gasteiger partial charge in [0.2, 0.25) is 5.91 Å². The Kier molecular flexibility index (Phi) is 6.60. The standard InChI is InChI=1S/C23H28N4OS/c1-17-14-25-23(29-16-20-11-5-6-12-24-20)26-21(17)19-10-7-13-27(15-19)22(28)18-8-3-2-4-9-18/h2-3,5-6,11-12,14,18-19H,4,7-10,13,15-16H2,1H3/t18-,19-/m1/s1. The molecule has 0 bridgehead atoms. The van der Waals surface area contributed by atoms with Crippen molar-refractivity contribution in [2.75, 3.05) is 13.1 Å². The lowest BCUT2D eigenvalue weighted by atomic mass is 9.89. The van der Waals surface area contributed by atoms with Gasteiger partial charge in [0.15, 0.2) is 5.16 Å². The number of hydrogen-bond acceptors (Lipinski definition) is 5. The third-order valence-corrected chi connectivity index (χ3v) is 6.70. The molecule has 2 atom stereocenters. The molecular weight excluding hydrogens is 380 g/mol. The molecule has 4 rings (SSSR count). The first kappa shape index (κ1) is 20.1. The normalized spacial score (nSPS) is 21.9. The molecule has 1 saturated heterocycles. The van der Waals surface area contributed by atoms with Crippen LogP contribution in [-0.4, -0.2) is 38.8 Å². The molecule has 0 saturated carbocycles. The molecule has 5 nitrogen and oxygen atoms in total. The summed E-state index contributed by atoms with van der Waals surface area (Å²) in [4.78, 5) is 28.8. The molecule has 1 aliphatic carbocycles. The molecule has 0 spiro atoms. The van der Waals surface area contributed by atoms with Gasteiger partial charge >= 0.3 is 0 Å². The third kappa shape index (κ3) is 5.04. The van der Waals surface area contributed by atoms with E-state index >= 15 is 0 Å². The Labute approximate surface area is 177 Å². The van der Waals surface area contributed by atoms with Crippen molar-refractivity contribution < 1.29 is 4.79 Å². The van der Waals surface area contributed by atoms with E-state index in [4.69, 9.17) is 4.98 Å². The summed E-state index contributed by atoms with van der Waals surface area (Å²) in [6.07, 6.45) is 13.1. The number of piperidine rings is 1. The van der Waals surface area contributed by atoms with Gasteiger partial charge in [-0.2, -0.15) is 0 Å². The number of aromatic nitrogens is 3. The van der Waals surface area contributed by atoms with Gasteiger partial charge in [0.05, 0.1) is 11.4 Å². The first-order valence-electron chi connectivity index (χ1n) is 10.5. The maximum atomic E-state index is 13.0. The lowest BCUT2D eigenvalue weighted by molar-refractivity contribution is -0.137. The molecule has 2 aromatic rings. The van der Waals surface area contributed by atoms with E-state index in [-0.39, 0.29) is 5.92 Å². The number of pyridine rings is 1. The second kappa shape index (κ2) is 9.53. The minimum absolute atomic E-state index is 0.162. The minimum Gasteiger partial charge on any atom is -0.342 e. The first-order chi connectivity index (χ1) is 14.2. The van der Waals surface area contributed by atoms with Crippen molar-refractivity contribution in [1.29, 1.82) is 0 Å². The highest BCUT2D eigenvalue weighted by Crippen LogP contribution is 2.31. The van der Waals surface area contributed by atoms with Crippen molar-refractivity contribution >= 4 is 17.7 Å². The summed E-state index contributed by atoms with van der Waals surface area (Å²) in [5, 5.41) is 0.789. The van der Waals surface area contributed by atoms with E-state index in [2.05, 4.69) is 33.9 Å². The smallest absolute Gasteiger partial charge is 0.226 e. The van der Waals surface area contributed by atoms with E-state index in [0.717, 1.165) is 73.1 Å². The highest BCUT2D eigenvalue weighted by Gasteiger charge is 2.30. The fraction of sp³-hybridized carbons (Fsp3) is 0.478. The van der Waals surface area contributed by atoms with Gasteiger partial charge in [0.25, 0.3) is 0 Å². The van der Waals surface area contributed by atoms with Gasteiger partial charge in [-0.3, -0.25) is 9.78 Å². The quantitative estimate of drug-likeness (QED) is 0.413. The van der Waals surface area contributed by atoms with Crippen molar-refractivity contribution in [1.82, 2.24) is 19.9 Å². The van der Waals surface area contributed by atoms with Crippen LogP contribution in [0, 0.1) is 12.8 Å². The number of nitrogens with zero attached hydrogens (tertiary/aromatic N) is 4. The Hall–Kier alpha value is -2.21. The van der Waals surface area contributed by atoms with Crippen molar-refractivity contribution in [2.45, 2.75) is 55.9 Å². The van der Waals surface area contributed by atoms with E-state index < -0.39 is 0 Å². The van der Waals surface area contributed by atoms with Crippen LogP contribution in [0.2, 0.25) is 0 Å². The maximum absolute atomic E-state index is 13.0. The Morgan fingerprint density at radius 2 is 2.17 bits per heavy atom. The lowest BCUT2D eigenvalue weighted by Crippen LogP contribution is -2.42. The summed E-state index contributed by atoms with van der Waals surface area (Å²) < 4.78 is 0. The van der Waals surface area contributed by atoms with Gasteiger partial charge in [-0.15, -0.1) is 0 Å². The van der Waals surface area contributed by atoms with Crippen LogP contribution in [0.15, 0.2) is 47.9 Å². The SMILES string of the molecule is Cc1cnc(SCc2ccccn2)nc1[C@@H]1CCCN(C(=O)[C@@H]2CC=CCC2)C1. The number of likely N-dealkylation sites (tertiary alicyclic amines) is 1. The van der Waals surface area contributed by atoms with Crippen LogP contribution in [0.5, 0.6) is 0 Å². The lowest BCUT2D eigenvalue weighted by Gasteiger charge is -2.35. The molecule has 0 radical (unpaired) electrons. The molecule has 1 fully saturated rings. The van der Waals surface area contributed by atoms with E-state index in [0.29, 0.717) is 11.8 Å². The van der Waals surface area contributed by atoms with Crippen LogP contribution < -0.4 is 0 Å². The van der Waals surface area contributed by atoms with Crippen LogP contribution in [0.1, 0.15) is 55.0 Å². The fourth-order valence-corrected chi connectivity index (χ4v) is 4.96. The zero-order chi connectivity index (χ0) is 20.1. The number of hydrogen-bond donors (Lipinski definition) is 0. The molecule has 29 heavy (non-hydrogen) atoms. The zero-order valence-electron chi connectivity index (χ0n) is 17.0. The fourth-order valence-electron chi connectivity index (χ4n) is 4.22. The molecule has 1 amide bonds. The van der Waals surface area contributed by atoms with Crippen LogP contribution in [0.3, 0.4) is 0 Å². The molecule has 2 aliphatic rings. The molecule has 2 aromatic heterocycles. The van der Waals surface area contributed by atoms with Gasteiger partial charge in [-0.1, -0.05) is 30.0 Å². The largest absolute Gasteiger partial charge is 0.342 e. The number of aryl methyl sites for hydroxylation is 1. The summed E-state index contributed by atoms with van der Waals surface area (Å²) >= 11 is 1.62. The van der Waals surface area contributed by atoms with Crippen LogP contribution >= 0.6 is 11.8 Å². The molecule has 6 heteroatoms. The van der Waals surface area contributed by atoms with Crippen LogP contribution in [-0.2, 0) is 10.5 Å². The number of allylic oxidation sites excluding steroid dienone is 2. The predicted molar refractivity (Wildman–Crippen MR) is 116 cm³/mol. The summed E-state index contributed by atoms with van der Waals surface area (Å²) in [5.41, 5.74) is 3.25. The van der Waals surface area contributed by atoms with Crippen LogP contribution in [0.4, 0.5) is 0 Å². The van der Waals surface area contributed by atoms with Gasteiger partial charge in [0, 0.05) is 43.1 Å². The minimum atomic E-state index is 0.162. The second-order valence-electron chi connectivity index (χ2n) is 7.94. The number of carbonyl (C=O) groups is 1. The predicted octanol–water partition coefficient (Wildman–Crippen LogP) is 4.53. The molecule has 0 unspecified atom stereocenters. The topological polar surface area (TPSA) is 59.0 Å². The van der Waals surface area contributed by atoms with E-state index in [1.54, 1.807) is 11.8 Å². The number of rotatable bonds is 5. The van der Waals surface area contributed by atoms with Gasteiger partial charge in [0.1, 0.15) is 0 Å². The highest BCUT2D eigenvalue weighted by molar-refractivity contribution is 7.98. The average Bonchev–Trinajstić information content (AvgIpc) is 2.79. The maximum Gasteiger partial charge on any atom is 0.226 e. The molecule has 3 heterocycles. The molecule has 1 aliphatic heterocycles. The summed E-state index contributed by atoms with van der Waals surface area (Å²) in [7, 11) is 0. The average molecular weight is 409 g/mol. The number of amides is 1. The number of thioether (sulfide) groups is 1. The first-order valence-corrected chi connectivity index (χ1v) is 11.5. The summed E-state index contributed by atoms with van der Waals surface area (Å²) in [6, 6.07) is 5.95. The van der Waals surface area contributed by atoms with Crippen molar-refractivity contribution in [3.63, 3.8) is 0 Å². The van der Waals surface area contributed by atoms with Gasteiger partial charge in [-0.05, 0) is 56.7 Å². The molecule has 152 valence electrons. The molecule has 0 aromatic carbocycles. The van der Waals surface area contributed by atoms with Crippen molar-refractivity contribution in [2.24, 2.45) is 5.92 Å². The third-order valence-electron chi connectivity index (χ3n) is 5.80. The van der Waals surface area contributed by atoms with Gasteiger partial charge < -0.3 is 4.90 Å². The Morgan fingerprint density at radius 3 is 2.97 bits per heavy atom. The monoisotopic (exact) mass is 408 g/mol. The van der Waals surface area contributed by atoms with E-state index in [9.17, 15) is 4.79 Å². The Morgan fingerprint density at radius 1 is 1.24 bits per heavy atom. The zero-order valence-corrected chi connectivity index (χ0v) is 17.8. The van der Waals surface area contributed by atoms with Crippen molar-refractivity contribution in [3.8, 4) is 0 Å². The molecule has 0 N–H and O–H groups in total. The van der Waals surface area contributed by atoms with Crippen molar-refractivity contribution in [3.05, 3.63) is 59.7 Å². The van der Waals surface area contributed by atoms with E-state index in [1.807, 2.05) is 30.6 Å². The highest BCUT2D eigenvalue weighted by atomic mass is 32.2. The second-order valence-corrected chi connectivity index (χ2v) is 8.88. The Balaban J connectivity index is 1.44. The van der Waals surface area contributed by atoms with Gasteiger partial charge in [-0.25, -0.2) is 9.97 Å². The number of carbonyl (C=O) groups excluding carboxylic acids is 1. The Bertz CT molecular complexity index is 870. The van der Waals surface area contributed by atoms with E-state index in [1.165, 1.54) is 0 Å². The summed E-state index contributed by atoms with van der Waals surface area (Å²) in [6.45, 7) is 3.73. The van der Waals surface area contributed by atoms with Crippen LogP contribution in [0.25, 0.3) is 0 Å².